The molecule has 0 aromatic carbocycles. The second-order valence-electron chi connectivity index (χ2n) is 6.13. The molecule has 1 aliphatic heterocycles. The summed E-state index contributed by atoms with van der Waals surface area (Å²) in [5.41, 5.74) is 1.42. The number of anilines is 1. The Bertz CT molecular complexity index is 817. The summed E-state index contributed by atoms with van der Waals surface area (Å²) in [4.78, 5) is 25.6. The molecule has 7 heteroatoms. The van der Waals surface area contributed by atoms with Crippen LogP contribution in [0.4, 0.5) is 5.00 Å². The Morgan fingerprint density at radius 1 is 1.56 bits per heavy atom. The first-order chi connectivity index (χ1) is 13.0. The quantitative estimate of drug-likeness (QED) is 0.305. The summed E-state index contributed by atoms with van der Waals surface area (Å²) < 4.78 is 5.33. The third-order valence-corrected chi connectivity index (χ3v) is 5.22. The number of thiophene rings is 1. The Labute approximate surface area is 163 Å². The van der Waals surface area contributed by atoms with Gasteiger partial charge < -0.3 is 15.0 Å². The highest BCUT2D eigenvalue weighted by Crippen LogP contribution is 2.25. The number of likely N-dealkylation sites (tertiary alicyclic amines) is 1. The molecule has 1 unspecified atom stereocenters. The lowest BCUT2D eigenvalue weighted by molar-refractivity contribution is -0.148. The summed E-state index contributed by atoms with van der Waals surface area (Å²) in [5, 5.41) is 14.0. The number of hydrogen-bond donors (Lipinski definition) is 1. The van der Waals surface area contributed by atoms with E-state index < -0.39 is 0 Å². The van der Waals surface area contributed by atoms with Crippen LogP contribution in [-0.2, 0) is 14.3 Å². The van der Waals surface area contributed by atoms with Crippen molar-refractivity contribution < 1.29 is 14.3 Å². The van der Waals surface area contributed by atoms with Crippen molar-refractivity contribution in [2.24, 2.45) is 0 Å². The van der Waals surface area contributed by atoms with Crippen LogP contribution in [0, 0.1) is 11.3 Å². The Kier molecular flexibility index (Phi) is 7.38. The molecular formula is C20H23N3O3S. The maximum absolute atomic E-state index is 12.2. The van der Waals surface area contributed by atoms with Crippen LogP contribution in [0.5, 0.6) is 0 Å². The topological polar surface area (TPSA) is 82.4 Å². The summed E-state index contributed by atoms with van der Waals surface area (Å²) in [5.74, 6) is 0.531. The number of β-lactam (4-membered cyclic amide) rings is 1. The number of amides is 2. The van der Waals surface area contributed by atoms with Gasteiger partial charge >= 0.3 is 0 Å². The molecule has 1 aromatic rings. The van der Waals surface area contributed by atoms with Crippen LogP contribution in [0.15, 0.2) is 47.6 Å². The van der Waals surface area contributed by atoms with E-state index in [0.29, 0.717) is 29.8 Å². The number of carbonyl (C=O) groups is 2. The van der Waals surface area contributed by atoms with Gasteiger partial charge in [-0.1, -0.05) is 24.8 Å². The molecule has 1 atom stereocenters. The smallest absolute Gasteiger partial charge is 0.244 e. The van der Waals surface area contributed by atoms with Crippen molar-refractivity contribution in [3.63, 3.8) is 0 Å². The standard InChI is InChI=1S/C20H23N3O3S/c1-4-14(2)17(26-3)8-6-5-7-16-11-19(25)23(16)13-18(24)22-20-15(12-21)9-10-27-20/h4-6,9-10,16H,1,7-8,11,13H2,2-3H3,(H,22,24)/b6-5-,17-14+. The fourth-order valence-electron chi connectivity index (χ4n) is 2.73. The van der Waals surface area contributed by atoms with Gasteiger partial charge in [0.1, 0.15) is 23.4 Å². The highest BCUT2D eigenvalue weighted by molar-refractivity contribution is 7.14. The molecule has 1 N–H and O–H groups in total. The summed E-state index contributed by atoms with van der Waals surface area (Å²) in [7, 11) is 1.63. The molecule has 0 radical (unpaired) electrons. The van der Waals surface area contributed by atoms with Gasteiger partial charge in [-0.3, -0.25) is 9.59 Å². The largest absolute Gasteiger partial charge is 0.501 e. The molecule has 142 valence electrons. The van der Waals surface area contributed by atoms with Crippen molar-refractivity contribution in [3.05, 3.63) is 53.1 Å². The number of methoxy groups -OCH3 is 1. The molecule has 2 rings (SSSR count). The van der Waals surface area contributed by atoms with E-state index in [0.717, 1.165) is 11.3 Å². The van der Waals surface area contributed by atoms with Gasteiger partial charge in [-0.05, 0) is 30.4 Å². The maximum atomic E-state index is 12.2. The summed E-state index contributed by atoms with van der Waals surface area (Å²) in [6, 6.07) is 3.70. The van der Waals surface area contributed by atoms with Crippen LogP contribution in [0.3, 0.4) is 0 Å². The van der Waals surface area contributed by atoms with Crippen molar-refractivity contribution >= 4 is 28.2 Å². The highest BCUT2D eigenvalue weighted by atomic mass is 32.1. The Hall–Kier alpha value is -2.85. The predicted octanol–water partition coefficient (Wildman–Crippen LogP) is 3.60. The van der Waals surface area contributed by atoms with E-state index in [4.69, 9.17) is 10.00 Å². The van der Waals surface area contributed by atoms with E-state index >= 15 is 0 Å². The van der Waals surface area contributed by atoms with Crippen LogP contribution in [0.2, 0.25) is 0 Å². The molecule has 27 heavy (non-hydrogen) atoms. The average Bonchev–Trinajstić information content (AvgIpc) is 3.11. The van der Waals surface area contributed by atoms with Gasteiger partial charge in [0.2, 0.25) is 11.8 Å². The van der Waals surface area contributed by atoms with Crippen molar-refractivity contribution in [1.29, 1.82) is 5.26 Å². The van der Waals surface area contributed by atoms with Crippen LogP contribution < -0.4 is 5.32 Å². The highest BCUT2D eigenvalue weighted by Gasteiger charge is 2.36. The van der Waals surface area contributed by atoms with E-state index in [1.54, 1.807) is 29.5 Å². The van der Waals surface area contributed by atoms with E-state index in [-0.39, 0.29) is 24.4 Å². The first-order valence-electron chi connectivity index (χ1n) is 8.58. The van der Waals surface area contributed by atoms with E-state index in [2.05, 4.69) is 11.9 Å². The lowest BCUT2D eigenvalue weighted by Gasteiger charge is -2.39. The molecule has 0 aliphatic carbocycles. The Morgan fingerprint density at radius 2 is 2.33 bits per heavy atom. The SMILES string of the molecule is C=C/C(C)=C(\C/C=C\CC1CC(=O)N1CC(=O)Nc1sccc1C#N)OC. The normalized spacial score (nSPS) is 17.1. The zero-order chi connectivity index (χ0) is 19.8. The molecule has 1 aromatic heterocycles. The minimum absolute atomic E-state index is 0.00109. The number of rotatable bonds is 9. The van der Waals surface area contributed by atoms with Gasteiger partial charge in [0.05, 0.1) is 12.7 Å². The predicted molar refractivity (Wildman–Crippen MR) is 106 cm³/mol. The molecule has 2 amide bonds. The molecule has 0 saturated carbocycles. The zero-order valence-electron chi connectivity index (χ0n) is 15.5. The van der Waals surface area contributed by atoms with Gasteiger partial charge in [-0.15, -0.1) is 11.3 Å². The van der Waals surface area contributed by atoms with Gasteiger partial charge in [0.15, 0.2) is 0 Å². The Morgan fingerprint density at radius 3 is 2.96 bits per heavy atom. The van der Waals surface area contributed by atoms with Crippen molar-refractivity contribution in [3.8, 4) is 6.07 Å². The van der Waals surface area contributed by atoms with E-state index in [9.17, 15) is 9.59 Å². The van der Waals surface area contributed by atoms with Crippen molar-refractivity contribution in [2.75, 3.05) is 19.0 Å². The molecule has 1 saturated heterocycles. The fraction of sp³-hybridized carbons (Fsp3) is 0.350. The second kappa shape index (κ2) is 9.74. The van der Waals surface area contributed by atoms with Gasteiger partial charge in [0, 0.05) is 18.9 Å². The first-order valence-corrected chi connectivity index (χ1v) is 9.46. The van der Waals surface area contributed by atoms with E-state index in [1.165, 1.54) is 11.3 Å². The number of ether oxygens (including phenoxy) is 1. The average molecular weight is 385 g/mol. The second-order valence-corrected chi connectivity index (χ2v) is 7.04. The summed E-state index contributed by atoms with van der Waals surface area (Å²) >= 11 is 1.29. The number of hydrogen-bond acceptors (Lipinski definition) is 5. The van der Waals surface area contributed by atoms with Crippen LogP contribution in [0.25, 0.3) is 0 Å². The van der Waals surface area contributed by atoms with Crippen molar-refractivity contribution in [1.82, 2.24) is 4.90 Å². The lowest BCUT2D eigenvalue weighted by atomic mass is 9.98. The molecule has 0 spiro atoms. The number of nitrogens with zero attached hydrogens (tertiary/aromatic N) is 2. The molecule has 0 bridgehead atoms. The summed E-state index contributed by atoms with van der Waals surface area (Å²) in [6.07, 6.45) is 7.54. The summed E-state index contributed by atoms with van der Waals surface area (Å²) in [6.45, 7) is 5.67. The number of nitrogens with one attached hydrogen (secondary N) is 1. The molecule has 2 heterocycles. The minimum atomic E-state index is -0.290. The third kappa shape index (κ3) is 5.31. The monoisotopic (exact) mass is 385 g/mol. The fourth-order valence-corrected chi connectivity index (χ4v) is 3.48. The minimum Gasteiger partial charge on any atom is -0.501 e. The number of allylic oxidation sites excluding steroid dienone is 3. The third-order valence-electron chi connectivity index (χ3n) is 4.39. The molecule has 1 aliphatic rings. The molecular weight excluding hydrogens is 362 g/mol. The molecule has 6 nitrogen and oxygen atoms in total. The van der Waals surface area contributed by atoms with Crippen molar-refractivity contribution in [2.45, 2.75) is 32.2 Å². The lowest BCUT2D eigenvalue weighted by Crippen LogP contribution is -2.54. The van der Waals surface area contributed by atoms with Gasteiger partial charge in [-0.2, -0.15) is 5.26 Å². The van der Waals surface area contributed by atoms with Crippen LogP contribution >= 0.6 is 11.3 Å². The van der Waals surface area contributed by atoms with Gasteiger partial charge in [0.25, 0.3) is 0 Å². The maximum Gasteiger partial charge on any atom is 0.244 e. The number of nitriles is 1. The van der Waals surface area contributed by atoms with Crippen LogP contribution in [0.1, 0.15) is 31.7 Å². The number of carbonyl (C=O) groups excluding carboxylic acids is 2. The Balaban J connectivity index is 1.85. The van der Waals surface area contributed by atoms with E-state index in [1.807, 2.05) is 25.1 Å². The molecule has 1 fully saturated rings. The van der Waals surface area contributed by atoms with Gasteiger partial charge in [-0.25, -0.2) is 0 Å². The zero-order valence-corrected chi connectivity index (χ0v) is 16.3. The first kappa shape index (κ1) is 20.5. The van der Waals surface area contributed by atoms with Crippen LogP contribution in [-0.4, -0.2) is 36.4 Å².